The first-order chi connectivity index (χ1) is 10.6. The van der Waals surface area contributed by atoms with Gasteiger partial charge in [-0.05, 0) is 41.3 Å². The van der Waals surface area contributed by atoms with E-state index < -0.39 is 5.95 Å². The maximum absolute atomic E-state index is 13.2. The van der Waals surface area contributed by atoms with Gasteiger partial charge in [0.15, 0.2) is 0 Å². The van der Waals surface area contributed by atoms with Gasteiger partial charge in [0.05, 0.1) is 0 Å². The van der Waals surface area contributed by atoms with E-state index in [0.717, 1.165) is 27.5 Å². The van der Waals surface area contributed by atoms with Crippen LogP contribution >= 0.6 is 22.9 Å². The van der Waals surface area contributed by atoms with Crippen molar-refractivity contribution in [3.05, 3.63) is 76.2 Å². The highest BCUT2D eigenvalue weighted by Gasteiger charge is 2.09. The number of hydrogen-bond acceptors (Lipinski definition) is 2. The summed E-state index contributed by atoms with van der Waals surface area (Å²) in [7, 11) is 0. The zero-order chi connectivity index (χ0) is 15.5. The largest absolute Gasteiger partial charge is 0.228 e. The van der Waals surface area contributed by atoms with E-state index in [1.54, 1.807) is 11.3 Å². The molecule has 0 saturated heterocycles. The summed E-state index contributed by atoms with van der Waals surface area (Å²) in [5.41, 5.74) is 1.96. The van der Waals surface area contributed by atoms with Crippen LogP contribution in [0.3, 0.4) is 0 Å². The fraction of sp³-hybridized carbons (Fsp3) is 0.167. The summed E-state index contributed by atoms with van der Waals surface area (Å²) in [6.45, 7) is 2.13. The van der Waals surface area contributed by atoms with Crippen molar-refractivity contribution < 1.29 is 4.39 Å². The van der Waals surface area contributed by atoms with Crippen molar-refractivity contribution in [3.63, 3.8) is 0 Å². The first-order valence-electron chi connectivity index (χ1n) is 7.07. The van der Waals surface area contributed by atoms with Crippen LogP contribution in [-0.2, 0) is 6.42 Å². The number of pyridine rings is 1. The molecule has 22 heavy (non-hydrogen) atoms. The van der Waals surface area contributed by atoms with Gasteiger partial charge in [-0.1, -0.05) is 36.8 Å². The van der Waals surface area contributed by atoms with Crippen LogP contribution in [0.5, 0.6) is 0 Å². The third kappa shape index (κ3) is 3.54. The molecule has 1 aliphatic carbocycles. The standard InChI is InChI=1S/C18H15ClFNS/c1-12-2-4-13(16(19)6-3-12)10-15-5-7-17(22-15)14-8-9-21-18(20)11-14/h2-9,11-12H,10H2,1H3/t12-/m1/s1. The highest BCUT2D eigenvalue weighted by atomic mass is 35.5. The number of allylic oxidation sites excluding steroid dienone is 6. The first kappa shape index (κ1) is 15.2. The maximum Gasteiger partial charge on any atom is 0.213 e. The molecule has 0 N–H and O–H groups in total. The Morgan fingerprint density at radius 3 is 2.86 bits per heavy atom. The van der Waals surface area contributed by atoms with E-state index in [4.69, 9.17) is 11.6 Å². The molecule has 0 amide bonds. The average Bonchev–Trinajstić information content (AvgIpc) is 2.91. The van der Waals surface area contributed by atoms with Gasteiger partial charge in [0.1, 0.15) is 0 Å². The minimum absolute atomic E-state index is 0.393. The monoisotopic (exact) mass is 331 g/mol. The van der Waals surface area contributed by atoms with Gasteiger partial charge in [-0.15, -0.1) is 11.3 Å². The van der Waals surface area contributed by atoms with Crippen LogP contribution in [0, 0.1) is 11.9 Å². The van der Waals surface area contributed by atoms with E-state index in [1.807, 2.05) is 18.2 Å². The van der Waals surface area contributed by atoms with Crippen molar-refractivity contribution in [1.29, 1.82) is 0 Å². The van der Waals surface area contributed by atoms with E-state index >= 15 is 0 Å². The van der Waals surface area contributed by atoms with Gasteiger partial charge in [0.2, 0.25) is 5.95 Å². The zero-order valence-electron chi connectivity index (χ0n) is 12.1. The summed E-state index contributed by atoms with van der Waals surface area (Å²) in [5, 5.41) is 0.783. The summed E-state index contributed by atoms with van der Waals surface area (Å²) in [4.78, 5) is 5.83. The van der Waals surface area contributed by atoms with Crippen LogP contribution in [-0.4, -0.2) is 4.98 Å². The molecule has 2 aromatic rings. The van der Waals surface area contributed by atoms with Crippen molar-refractivity contribution in [2.75, 3.05) is 0 Å². The molecule has 0 fully saturated rings. The third-order valence-electron chi connectivity index (χ3n) is 3.49. The zero-order valence-corrected chi connectivity index (χ0v) is 13.7. The van der Waals surface area contributed by atoms with E-state index in [0.29, 0.717) is 5.92 Å². The minimum atomic E-state index is -0.455. The molecule has 0 unspecified atom stereocenters. The molecule has 3 rings (SSSR count). The normalized spacial score (nSPS) is 17.9. The Morgan fingerprint density at radius 2 is 2.05 bits per heavy atom. The number of aromatic nitrogens is 1. The van der Waals surface area contributed by atoms with Gasteiger partial charge >= 0.3 is 0 Å². The highest BCUT2D eigenvalue weighted by Crippen LogP contribution is 2.31. The Hall–Kier alpha value is -1.71. The molecule has 0 saturated carbocycles. The van der Waals surface area contributed by atoms with E-state index in [9.17, 15) is 4.39 Å². The lowest BCUT2D eigenvalue weighted by molar-refractivity contribution is 0.584. The van der Waals surface area contributed by atoms with Gasteiger partial charge in [0, 0.05) is 33.5 Å². The Bertz CT molecular complexity index is 773. The smallest absolute Gasteiger partial charge is 0.213 e. The van der Waals surface area contributed by atoms with E-state index in [2.05, 4.69) is 36.2 Å². The summed E-state index contributed by atoms with van der Waals surface area (Å²) in [6, 6.07) is 7.36. The lowest BCUT2D eigenvalue weighted by atomic mass is 10.1. The fourth-order valence-corrected chi connectivity index (χ4v) is 3.50. The molecule has 0 aliphatic heterocycles. The predicted molar refractivity (Wildman–Crippen MR) is 91.5 cm³/mol. The predicted octanol–water partition coefficient (Wildman–Crippen LogP) is 5.75. The third-order valence-corrected chi connectivity index (χ3v) is 4.99. The second-order valence-electron chi connectivity index (χ2n) is 5.26. The first-order valence-corrected chi connectivity index (χ1v) is 8.27. The number of halogens is 2. The van der Waals surface area contributed by atoms with Crippen LogP contribution in [0.1, 0.15) is 11.8 Å². The SMILES string of the molecule is C[C@H]1C=CC(Cl)=C(Cc2ccc(-c3ccnc(F)c3)s2)C=C1. The average molecular weight is 332 g/mol. The van der Waals surface area contributed by atoms with Crippen LogP contribution in [0.4, 0.5) is 4.39 Å². The molecular weight excluding hydrogens is 317 g/mol. The Labute approximate surface area is 138 Å². The summed E-state index contributed by atoms with van der Waals surface area (Å²) in [6.07, 6.45) is 10.6. The molecule has 0 radical (unpaired) electrons. The summed E-state index contributed by atoms with van der Waals surface area (Å²) >= 11 is 7.99. The molecule has 1 atom stereocenters. The Balaban J connectivity index is 1.83. The lowest BCUT2D eigenvalue weighted by Gasteiger charge is -2.01. The fourth-order valence-electron chi connectivity index (χ4n) is 2.27. The molecule has 0 spiro atoms. The molecule has 1 nitrogen and oxygen atoms in total. The summed E-state index contributed by atoms with van der Waals surface area (Å²) < 4.78 is 13.2. The van der Waals surface area contributed by atoms with Crippen LogP contribution in [0.25, 0.3) is 10.4 Å². The minimum Gasteiger partial charge on any atom is -0.228 e. The van der Waals surface area contributed by atoms with Crippen molar-refractivity contribution >= 4 is 22.9 Å². The van der Waals surface area contributed by atoms with Crippen molar-refractivity contribution in [1.82, 2.24) is 4.98 Å². The molecule has 4 heteroatoms. The van der Waals surface area contributed by atoms with Gasteiger partial charge in [-0.3, -0.25) is 0 Å². The number of nitrogens with zero attached hydrogens (tertiary/aromatic N) is 1. The quantitative estimate of drug-likeness (QED) is 0.653. The van der Waals surface area contributed by atoms with Gasteiger partial charge in [-0.2, -0.15) is 4.39 Å². The Morgan fingerprint density at radius 1 is 1.23 bits per heavy atom. The van der Waals surface area contributed by atoms with Crippen molar-refractivity contribution in [3.8, 4) is 10.4 Å². The molecule has 1 aliphatic rings. The number of rotatable bonds is 3. The molecule has 0 aromatic carbocycles. The number of hydrogen-bond donors (Lipinski definition) is 0. The second-order valence-corrected chi connectivity index (χ2v) is 6.84. The molecule has 0 bridgehead atoms. The highest BCUT2D eigenvalue weighted by molar-refractivity contribution is 7.15. The molecule has 112 valence electrons. The molecule has 2 aromatic heterocycles. The molecular formula is C18H15ClFNS. The second kappa shape index (κ2) is 6.59. The summed E-state index contributed by atoms with van der Waals surface area (Å²) in [5.74, 6) is -0.0611. The van der Waals surface area contributed by atoms with Crippen molar-refractivity contribution in [2.24, 2.45) is 5.92 Å². The topological polar surface area (TPSA) is 12.9 Å². The number of thiophene rings is 1. The van der Waals surface area contributed by atoms with E-state index in [-0.39, 0.29) is 0 Å². The van der Waals surface area contributed by atoms with Gasteiger partial charge in [-0.25, -0.2) is 4.98 Å². The van der Waals surface area contributed by atoms with E-state index in [1.165, 1.54) is 17.1 Å². The molecule has 2 heterocycles. The van der Waals surface area contributed by atoms with Crippen LogP contribution in [0.2, 0.25) is 0 Å². The maximum atomic E-state index is 13.2. The Kier molecular flexibility index (Phi) is 4.55. The van der Waals surface area contributed by atoms with Crippen LogP contribution in [0.15, 0.2) is 65.4 Å². The van der Waals surface area contributed by atoms with Crippen LogP contribution < -0.4 is 0 Å². The van der Waals surface area contributed by atoms with Gasteiger partial charge in [0.25, 0.3) is 0 Å². The lowest BCUT2D eigenvalue weighted by Crippen LogP contribution is -1.86. The van der Waals surface area contributed by atoms with Crippen molar-refractivity contribution in [2.45, 2.75) is 13.3 Å². The van der Waals surface area contributed by atoms with Gasteiger partial charge < -0.3 is 0 Å².